The number of carbonyl (C=O) groups excluding carboxylic acids is 2. The molecule has 33 heavy (non-hydrogen) atoms. The van der Waals surface area contributed by atoms with Crippen molar-refractivity contribution in [3.05, 3.63) is 48.6 Å². The molecule has 0 unspecified atom stereocenters. The highest BCUT2D eigenvalue weighted by Gasteiger charge is 2.18. The molecule has 0 aromatic heterocycles. The lowest BCUT2D eigenvalue weighted by atomic mass is 10.1. The third-order valence-electron chi connectivity index (χ3n) is 4.73. The van der Waals surface area contributed by atoms with Crippen molar-refractivity contribution < 1.29 is 14.3 Å². The average Bonchev–Trinajstić information content (AvgIpc) is 2.78. The molecule has 0 aromatic carbocycles. The van der Waals surface area contributed by atoms with Gasteiger partial charge in [-0.1, -0.05) is 68.4 Å². The number of rotatable bonds is 19. The molecule has 0 radical (unpaired) electrons. The SMILES string of the molecule is CCCCCC=CCC=CCC=CCC=CCCCC(=O)OC(=O)[C@@H](N)CCCNC(=N)N. The summed E-state index contributed by atoms with van der Waals surface area (Å²) in [5, 5.41) is 9.66. The van der Waals surface area contributed by atoms with E-state index >= 15 is 0 Å². The minimum absolute atomic E-state index is 0.129. The number of ether oxygens (including phenoxy) is 1. The van der Waals surface area contributed by atoms with Crippen molar-refractivity contribution in [1.82, 2.24) is 5.32 Å². The molecule has 0 spiro atoms. The van der Waals surface area contributed by atoms with Crippen LogP contribution in [0.4, 0.5) is 0 Å². The quantitative estimate of drug-likeness (QED) is 0.0547. The van der Waals surface area contributed by atoms with Gasteiger partial charge in [-0.15, -0.1) is 0 Å². The van der Waals surface area contributed by atoms with E-state index in [1.165, 1.54) is 25.7 Å². The second-order valence-electron chi connectivity index (χ2n) is 7.86. The van der Waals surface area contributed by atoms with Gasteiger partial charge < -0.3 is 21.5 Å². The van der Waals surface area contributed by atoms with E-state index in [0.29, 0.717) is 25.8 Å². The zero-order valence-electron chi connectivity index (χ0n) is 20.3. The molecule has 0 aliphatic rings. The molecular weight excluding hydrogens is 416 g/mol. The number of nitrogens with two attached hydrogens (primary N) is 2. The second kappa shape index (κ2) is 22.5. The summed E-state index contributed by atoms with van der Waals surface area (Å²) in [7, 11) is 0. The number of allylic oxidation sites excluding steroid dienone is 8. The van der Waals surface area contributed by atoms with E-state index in [2.05, 4.69) is 54.8 Å². The molecule has 0 rings (SSSR count). The fourth-order valence-corrected chi connectivity index (χ4v) is 2.83. The van der Waals surface area contributed by atoms with Gasteiger partial charge in [0.05, 0.1) is 0 Å². The van der Waals surface area contributed by atoms with Crippen molar-refractivity contribution >= 4 is 17.9 Å². The van der Waals surface area contributed by atoms with Crippen molar-refractivity contribution in [3.63, 3.8) is 0 Å². The molecule has 0 aromatic rings. The summed E-state index contributed by atoms with van der Waals surface area (Å²) >= 11 is 0. The Morgan fingerprint density at radius 3 is 1.97 bits per heavy atom. The first-order valence-corrected chi connectivity index (χ1v) is 12.1. The van der Waals surface area contributed by atoms with Crippen LogP contribution in [0.1, 0.15) is 84.0 Å². The summed E-state index contributed by atoms with van der Waals surface area (Å²) in [6, 6.07) is -0.851. The van der Waals surface area contributed by atoms with Gasteiger partial charge in [-0.25, -0.2) is 4.79 Å². The minimum Gasteiger partial charge on any atom is -0.392 e. The Balaban J connectivity index is 3.70. The van der Waals surface area contributed by atoms with E-state index in [9.17, 15) is 9.59 Å². The van der Waals surface area contributed by atoms with Crippen molar-refractivity contribution in [2.45, 2.75) is 90.0 Å². The van der Waals surface area contributed by atoms with Crippen molar-refractivity contribution in [3.8, 4) is 0 Å². The molecule has 0 aliphatic heterocycles. The van der Waals surface area contributed by atoms with Crippen LogP contribution in [0.2, 0.25) is 0 Å². The average molecular weight is 461 g/mol. The van der Waals surface area contributed by atoms with Crippen LogP contribution in [0, 0.1) is 5.41 Å². The fraction of sp³-hybridized carbons (Fsp3) is 0.577. The molecule has 0 amide bonds. The molecule has 0 saturated heterocycles. The maximum absolute atomic E-state index is 11.8. The summed E-state index contributed by atoms with van der Waals surface area (Å²) in [5.41, 5.74) is 10.9. The third kappa shape index (κ3) is 22.3. The molecule has 1 atom stereocenters. The summed E-state index contributed by atoms with van der Waals surface area (Å²) in [4.78, 5) is 23.5. The van der Waals surface area contributed by atoms with Gasteiger partial charge in [-0.3, -0.25) is 10.2 Å². The Labute approximate surface area is 199 Å². The summed E-state index contributed by atoms with van der Waals surface area (Å²) in [6.07, 6.45) is 27.6. The van der Waals surface area contributed by atoms with Crippen LogP contribution < -0.4 is 16.8 Å². The van der Waals surface area contributed by atoms with E-state index in [-0.39, 0.29) is 12.4 Å². The summed E-state index contributed by atoms with van der Waals surface area (Å²) < 4.78 is 4.78. The van der Waals surface area contributed by atoms with Crippen molar-refractivity contribution in [1.29, 1.82) is 5.41 Å². The fourth-order valence-electron chi connectivity index (χ4n) is 2.83. The lowest BCUT2D eigenvalue weighted by Gasteiger charge is -2.10. The van der Waals surface area contributed by atoms with E-state index < -0.39 is 18.0 Å². The zero-order valence-corrected chi connectivity index (χ0v) is 20.3. The molecule has 6 N–H and O–H groups in total. The number of hydrogen-bond acceptors (Lipinski definition) is 5. The Morgan fingerprint density at radius 2 is 1.42 bits per heavy atom. The Bertz CT molecular complexity index is 654. The molecule has 7 nitrogen and oxygen atoms in total. The molecule has 186 valence electrons. The highest BCUT2D eigenvalue weighted by molar-refractivity contribution is 5.88. The molecule has 7 heteroatoms. The zero-order chi connectivity index (χ0) is 24.6. The van der Waals surface area contributed by atoms with Gasteiger partial charge in [-0.05, 0) is 57.8 Å². The van der Waals surface area contributed by atoms with E-state index in [1.807, 2.05) is 6.08 Å². The first kappa shape index (κ1) is 30.3. The number of carbonyl (C=O) groups is 2. The maximum Gasteiger partial charge on any atom is 0.330 e. The largest absolute Gasteiger partial charge is 0.392 e. The van der Waals surface area contributed by atoms with Crippen LogP contribution in [0.15, 0.2) is 48.6 Å². The van der Waals surface area contributed by atoms with Crippen LogP contribution in [0.25, 0.3) is 0 Å². The smallest absolute Gasteiger partial charge is 0.330 e. The maximum atomic E-state index is 11.8. The third-order valence-corrected chi connectivity index (χ3v) is 4.73. The Kier molecular flexibility index (Phi) is 20.7. The predicted molar refractivity (Wildman–Crippen MR) is 137 cm³/mol. The number of unbranched alkanes of at least 4 members (excludes halogenated alkanes) is 4. The van der Waals surface area contributed by atoms with Crippen molar-refractivity contribution in [2.24, 2.45) is 11.5 Å². The second-order valence-corrected chi connectivity index (χ2v) is 7.86. The molecule has 0 heterocycles. The number of nitrogens with one attached hydrogen (secondary N) is 2. The number of esters is 2. The normalized spacial score (nSPS) is 12.8. The van der Waals surface area contributed by atoms with Gasteiger partial charge >= 0.3 is 11.9 Å². The molecular formula is C26H44N4O3. The topological polar surface area (TPSA) is 131 Å². The summed E-state index contributed by atoms with van der Waals surface area (Å²) in [5.74, 6) is -1.38. The van der Waals surface area contributed by atoms with Crippen LogP contribution in [-0.4, -0.2) is 30.5 Å². The number of guanidine groups is 1. The van der Waals surface area contributed by atoms with E-state index in [1.54, 1.807) is 0 Å². The van der Waals surface area contributed by atoms with Crippen LogP contribution in [-0.2, 0) is 14.3 Å². The number of hydrogen-bond donors (Lipinski definition) is 4. The van der Waals surface area contributed by atoms with Gasteiger partial charge in [-0.2, -0.15) is 0 Å². The highest BCUT2D eigenvalue weighted by Crippen LogP contribution is 2.04. The van der Waals surface area contributed by atoms with Gasteiger partial charge in [0.1, 0.15) is 6.04 Å². The molecule has 0 aliphatic carbocycles. The first-order valence-electron chi connectivity index (χ1n) is 12.1. The Hall–Kier alpha value is -2.67. The van der Waals surface area contributed by atoms with Gasteiger partial charge in [0.15, 0.2) is 5.96 Å². The van der Waals surface area contributed by atoms with Gasteiger partial charge in [0, 0.05) is 13.0 Å². The van der Waals surface area contributed by atoms with Crippen LogP contribution in [0.3, 0.4) is 0 Å². The highest BCUT2D eigenvalue weighted by atomic mass is 16.6. The van der Waals surface area contributed by atoms with E-state index in [0.717, 1.165) is 25.7 Å². The summed E-state index contributed by atoms with van der Waals surface area (Å²) in [6.45, 7) is 2.67. The first-order chi connectivity index (χ1) is 16.0. The lowest BCUT2D eigenvalue weighted by molar-refractivity contribution is -0.160. The van der Waals surface area contributed by atoms with Gasteiger partial charge in [0.25, 0.3) is 0 Å². The lowest BCUT2D eigenvalue weighted by Crippen LogP contribution is -2.36. The van der Waals surface area contributed by atoms with Crippen LogP contribution in [0.5, 0.6) is 0 Å². The predicted octanol–water partition coefficient (Wildman–Crippen LogP) is 4.79. The van der Waals surface area contributed by atoms with Gasteiger partial charge in [0.2, 0.25) is 0 Å². The molecule has 0 saturated carbocycles. The van der Waals surface area contributed by atoms with Crippen LogP contribution >= 0.6 is 0 Å². The molecule has 0 fully saturated rings. The minimum atomic E-state index is -0.851. The van der Waals surface area contributed by atoms with Crippen molar-refractivity contribution in [2.75, 3.05) is 6.54 Å². The van der Waals surface area contributed by atoms with E-state index in [4.69, 9.17) is 21.6 Å². The monoisotopic (exact) mass is 460 g/mol. The standard InChI is InChI=1S/C26H44N4O3/c1-2-3-4-5-6-7-8-9-10-11-12-13-14-15-16-17-18-21-24(31)33-25(32)23(27)20-19-22-30-26(28)29/h6-7,9-10,12-13,15-16,23H,2-5,8,11,14,17-22,27H2,1H3,(H4,28,29,30)/t23-/m0/s1. The molecule has 0 bridgehead atoms. The Morgan fingerprint density at radius 1 is 0.879 bits per heavy atom.